The van der Waals surface area contributed by atoms with Crippen molar-refractivity contribution in [2.75, 3.05) is 0 Å². The number of nitrogens with zero attached hydrogens (tertiary/aromatic N) is 1. The maximum atomic E-state index is 9.26. The third kappa shape index (κ3) is 3.07. The molecule has 0 atom stereocenters. The Morgan fingerprint density at radius 1 is 1.06 bits per heavy atom. The molecule has 1 aromatic heterocycles. The van der Waals surface area contributed by atoms with E-state index < -0.39 is 0 Å². The Morgan fingerprint density at radius 2 is 2.00 bits per heavy atom. The topological polar surface area (TPSA) is 42.4 Å². The molecule has 0 spiro atoms. The zero-order chi connectivity index (χ0) is 11.2. The second kappa shape index (κ2) is 5.28. The quantitative estimate of drug-likeness (QED) is 0.852. The number of rotatable bonds is 4. The molecule has 1 heterocycles. The SMILES string of the molecule is Oc1cccc(COCc2ccccn2)c1. The van der Waals surface area contributed by atoms with Crippen molar-refractivity contribution in [3.8, 4) is 5.75 Å². The van der Waals surface area contributed by atoms with Crippen LogP contribution in [0.15, 0.2) is 48.7 Å². The van der Waals surface area contributed by atoms with Gasteiger partial charge in [-0.25, -0.2) is 0 Å². The molecule has 2 aromatic rings. The van der Waals surface area contributed by atoms with Crippen LogP contribution in [0.25, 0.3) is 0 Å². The van der Waals surface area contributed by atoms with Gasteiger partial charge in [-0.3, -0.25) is 4.98 Å². The zero-order valence-electron chi connectivity index (χ0n) is 8.84. The van der Waals surface area contributed by atoms with Crippen LogP contribution in [0.4, 0.5) is 0 Å². The van der Waals surface area contributed by atoms with Crippen molar-refractivity contribution < 1.29 is 9.84 Å². The summed E-state index contributed by atoms with van der Waals surface area (Å²) < 4.78 is 5.49. The van der Waals surface area contributed by atoms with Crippen molar-refractivity contribution in [1.82, 2.24) is 4.98 Å². The zero-order valence-corrected chi connectivity index (χ0v) is 8.84. The van der Waals surface area contributed by atoms with Gasteiger partial charge in [0, 0.05) is 6.20 Å². The molecule has 3 heteroatoms. The highest BCUT2D eigenvalue weighted by atomic mass is 16.5. The largest absolute Gasteiger partial charge is 0.508 e. The molecule has 1 N–H and O–H groups in total. The van der Waals surface area contributed by atoms with Crippen LogP contribution in [0.3, 0.4) is 0 Å². The van der Waals surface area contributed by atoms with Crippen LogP contribution in [-0.2, 0) is 18.0 Å². The van der Waals surface area contributed by atoms with Crippen molar-refractivity contribution >= 4 is 0 Å². The monoisotopic (exact) mass is 215 g/mol. The number of aromatic nitrogens is 1. The molecule has 0 amide bonds. The first-order valence-corrected chi connectivity index (χ1v) is 5.10. The average Bonchev–Trinajstić information content (AvgIpc) is 2.30. The summed E-state index contributed by atoms with van der Waals surface area (Å²) in [6.45, 7) is 0.960. The standard InChI is InChI=1S/C13H13NO2/c15-13-6-3-4-11(8-13)9-16-10-12-5-1-2-7-14-12/h1-8,15H,9-10H2. The van der Waals surface area contributed by atoms with Crippen LogP contribution in [0, 0.1) is 0 Å². The Hall–Kier alpha value is -1.87. The highest BCUT2D eigenvalue weighted by molar-refractivity contribution is 5.26. The van der Waals surface area contributed by atoms with E-state index in [1.54, 1.807) is 24.4 Å². The minimum Gasteiger partial charge on any atom is -0.508 e. The van der Waals surface area contributed by atoms with Crippen LogP contribution in [-0.4, -0.2) is 10.1 Å². The number of benzene rings is 1. The van der Waals surface area contributed by atoms with E-state index in [9.17, 15) is 5.11 Å². The molecular weight excluding hydrogens is 202 g/mol. The minimum atomic E-state index is 0.263. The van der Waals surface area contributed by atoms with E-state index in [1.807, 2.05) is 24.3 Å². The molecule has 0 radical (unpaired) electrons. The minimum absolute atomic E-state index is 0.263. The van der Waals surface area contributed by atoms with Gasteiger partial charge in [0.1, 0.15) is 5.75 Å². The summed E-state index contributed by atoms with van der Waals surface area (Å²) in [5.74, 6) is 0.263. The molecule has 0 bridgehead atoms. The first-order chi connectivity index (χ1) is 7.84. The van der Waals surface area contributed by atoms with Crippen molar-refractivity contribution in [2.45, 2.75) is 13.2 Å². The van der Waals surface area contributed by atoms with E-state index in [0.29, 0.717) is 13.2 Å². The van der Waals surface area contributed by atoms with Gasteiger partial charge in [-0.1, -0.05) is 18.2 Å². The second-order valence-corrected chi connectivity index (χ2v) is 3.48. The summed E-state index contributed by atoms with van der Waals surface area (Å²) in [6.07, 6.45) is 1.74. The molecule has 0 aliphatic heterocycles. The molecule has 2 rings (SSSR count). The predicted molar refractivity (Wildman–Crippen MR) is 60.8 cm³/mol. The fourth-order valence-electron chi connectivity index (χ4n) is 1.40. The number of pyridine rings is 1. The average molecular weight is 215 g/mol. The summed E-state index contributed by atoms with van der Waals surface area (Å²) in [7, 11) is 0. The Balaban J connectivity index is 1.85. The number of aromatic hydroxyl groups is 1. The predicted octanol–water partition coefficient (Wildman–Crippen LogP) is 2.50. The number of hydrogen-bond donors (Lipinski definition) is 1. The van der Waals surface area contributed by atoms with Crippen LogP contribution in [0.2, 0.25) is 0 Å². The van der Waals surface area contributed by atoms with E-state index in [4.69, 9.17) is 4.74 Å². The maximum Gasteiger partial charge on any atom is 0.115 e. The van der Waals surface area contributed by atoms with Crippen molar-refractivity contribution in [1.29, 1.82) is 0 Å². The van der Waals surface area contributed by atoms with Gasteiger partial charge in [0.15, 0.2) is 0 Å². The molecule has 82 valence electrons. The van der Waals surface area contributed by atoms with Crippen LogP contribution < -0.4 is 0 Å². The number of phenols is 1. The van der Waals surface area contributed by atoms with Crippen LogP contribution in [0.5, 0.6) is 5.75 Å². The molecule has 0 saturated carbocycles. The van der Waals surface area contributed by atoms with E-state index in [0.717, 1.165) is 11.3 Å². The Labute approximate surface area is 94.3 Å². The van der Waals surface area contributed by atoms with Crippen molar-refractivity contribution in [3.05, 3.63) is 59.9 Å². The second-order valence-electron chi connectivity index (χ2n) is 3.48. The van der Waals surface area contributed by atoms with Crippen LogP contribution in [0.1, 0.15) is 11.3 Å². The number of phenolic OH excluding ortho intramolecular Hbond substituents is 1. The summed E-state index contributed by atoms with van der Waals surface area (Å²) >= 11 is 0. The summed E-state index contributed by atoms with van der Waals surface area (Å²) in [6, 6.07) is 12.8. The Bertz CT molecular complexity index is 443. The van der Waals surface area contributed by atoms with Crippen molar-refractivity contribution in [3.63, 3.8) is 0 Å². The lowest BCUT2D eigenvalue weighted by molar-refractivity contribution is 0.104. The molecule has 1 aromatic carbocycles. The third-order valence-corrected chi connectivity index (χ3v) is 2.16. The molecule has 3 nitrogen and oxygen atoms in total. The number of ether oxygens (including phenoxy) is 1. The molecule has 16 heavy (non-hydrogen) atoms. The lowest BCUT2D eigenvalue weighted by Gasteiger charge is -2.04. The summed E-state index contributed by atoms with van der Waals surface area (Å²) in [5.41, 5.74) is 1.86. The molecule has 0 aliphatic carbocycles. The van der Waals surface area contributed by atoms with Gasteiger partial charge in [0.05, 0.1) is 18.9 Å². The Morgan fingerprint density at radius 3 is 2.75 bits per heavy atom. The normalized spacial score (nSPS) is 10.2. The molecule has 0 saturated heterocycles. The smallest absolute Gasteiger partial charge is 0.115 e. The fourth-order valence-corrected chi connectivity index (χ4v) is 1.40. The third-order valence-electron chi connectivity index (χ3n) is 2.16. The van der Waals surface area contributed by atoms with Crippen molar-refractivity contribution in [2.24, 2.45) is 0 Å². The van der Waals surface area contributed by atoms with Gasteiger partial charge in [-0.05, 0) is 29.8 Å². The molecule has 0 unspecified atom stereocenters. The first-order valence-electron chi connectivity index (χ1n) is 5.10. The van der Waals surface area contributed by atoms with Gasteiger partial charge >= 0.3 is 0 Å². The van der Waals surface area contributed by atoms with E-state index in [2.05, 4.69) is 4.98 Å². The van der Waals surface area contributed by atoms with Gasteiger partial charge in [0.2, 0.25) is 0 Å². The molecular formula is C13H13NO2. The van der Waals surface area contributed by atoms with Gasteiger partial charge in [-0.2, -0.15) is 0 Å². The first kappa shape index (κ1) is 10.6. The summed E-state index contributed by atoms with van der Waals surface area (Å²) in [5, 5.41) is 9.26. The fraction of sp³-hybridized carbons (Fsp3) is 0.154. The Kier molecular flexibility index (Phi) is 3.51. The lowest BCUT2D eigenvalue weighted by atomic mass is 10.2. The lowest BCUT2D eigenvalue weighted by Crippen LogP contribution is -1.95. The maximum absolute atomic E-state index is 9.26. The van der Waals surface area contributed by atoms with Gasteiger partial charge in [0.25, 0.3) is 0 Å². The van der Waals surface area contributed by atoms with Gasteiger partial charge in [-0.15, -0.1) is 0 Å². The highest BCUT2D eigenvalue weighted by Gasteiger charge is 1.96. The van der Waals surface area contributed by atoms with E-state index >= 15 is 0 Å². The molecule has 0 fully saturated rings. The van der Waals surface area contributed by atoms with E-state index in [-0.39, 0.29) is 5.75 Å². The summed E-state index contributed by atoms with van der Waals surface area (Å²) in [4.78, 5) is 4.15. The molecule has 0 aliphatic rings. The number of hydrogen-bond acceptors (Lipinski definition) is 3. The van der Waals surface area contributed by atoms with Crippen LogP contribution >= 0.6 is 0 Å². The highest BCUT2D eigenvalue weighted by Crippen LogP contribution is 2.12. The van der Waals surface area contributed by atoms with Gasteiger partial charge < -0.3 is 9.84 Å². The van der Waals surface area contributed by atoms with E-state index in [1.165, 1.54) is 0 Å².